The lowest BCUT2D eigenvalue weighted by Gasteiger charge is -2.27. The summed E-state index contributed by atoms with van der Waals surface area (Å²) < 4.78 is 4.77. The summed E-state index contributed by atoms with van der Waals surface area (Å²) in [6, 6.07) is -0.825. The Morgan fingerprint density at radius 3 is 2.53 bits per heavy atom. The van der Waals surface area contributed by atoms with Crippen molar-refractivity contribution in [2.24, 2.45) is 0 Å². The van der Waals surface area contributed by atoms with Crippen LogP contribution < -0.4 is 5.32 Å². The predicted molar refractivity (Wildman–Crippen MR) is 61.7 cm³/mol. The number of piperidine rings is 1. The first kappa shape index (κ1) is 13.9. The fourth-order valence-corrected chi connectivity index (χ4v) is 1.85. The van der Waals surface area contributed by atoms with E-state index >= 15 is 0 Å². The number of amides is 1. The Kier molecular flexibility index (Phi) is 5.93. The van der Waals surface area contributed by atoms with E-state index in [2.05, 4.69) is 5.32 Å². The van der Waals surface area contributed by atoms with E-state index < -0.39 is 12.0 Å². The van der Waals surface area contributed by atoms with Crippen molar-refractivity contribution in [1.82, 2.24) is 10.2 Å². The van der Waals surface area contributed by atoms with Gasteiger partial charge in [-0.3, -0.25) is 14.9 Å². The highest BCUT2D eigenvalue weighted by Gasteiger charge is 2.20. The van der Waals surface area contributed by atoms with Gasteiger partial charge in [-0.1, -0.05) is 0 Å². The van der Waals surface area contributed by atoms with Crippen LogP contribution >= 0.6 is 0 Å². The second-order valence-corrected chi connectivity index (χ2v) is 4.17. The first-order valence-corrected chi connectivity index (χ1v) is 5.88. The quantitative estimate of drug-likeness (QED) is 0.670. The van der Waals surface area contributed by atoms with Gasteiger partial charge in [0.2, 0.25) is 5.91 Å². The van der Waals surface area contributed by atoms with Crippen LogP contribution in [0, 0.1) is 0 Å². The molecule has 6 nitrogen and oxygen atoms in total. The van der Waals surface area contributed by atoms with E-state index in [9.17, 15) is 9.59 Å². The molecule has 98 valence electrons. The highest BCUT2D eigenvalue weighted by atomic mass is 16.5. The van der Waals surface area contributed by atoms with Crippen LogP contribution in [0.2, 0.25) is 0 Å². The van der Waals surface area contributed by atoms with Gasteiger partial charge >= 0.3 is 5.97 Å². The molecule has 1 heterocycles. The lowest BCUT2D eigenvalue weighted by molar-refractivity contribution is -0.141. The van der Waals surface area contributed by atoms with Crippen LogP contribution in [-0.2, 0) is 14.3 Å². The topological polar surface area (TPSA) is 78.9 Å². The van der Waals surface area contributed by atoms with Gasteiger partial charge < -0.3 is 14.7 Å². The number of carboxylic acid groups (broad SMARTS) is 1. The van der Waals surface area contributed by atoms with Gasteiger partial charge in [0, 0.05) is 20.2 Å². The van der Waals surface area contributed by atoms with Gasteiger partial charge in [-0.15, -0.1) is 0 Å². The molecule has 1 unspecified atom stereocenters. The van der Waals surface area contributed by atoms with Crippen LogP contribution in [0.4, 0.5) is 0 Å². The molecule has 17 heavy (non-hydrogen) atoms. The molecule has 0 bridgehead atoms. The van der Waals surface area contributed by atoms with Crippen molar-refractivity contribution in [1.29, 1.82) is 0 Å². The number of nitrogens with zero attached hydrogens (tertiary/aromatic N) is 1. The maximum atomic E-state index is 11.8. The van der Waals surface area contributed by atoms with Crippen molar-refractivity contribution < 1.29 is 19.4 Å². The van der Waals surface area contributed by atoms with Crippen molar-refractivity contribution in [3.63, 3.8) is 0 Å². The smallest absolute Gasteiger partial charge is 0.323 e. The second-order valence-electron chi connectivity index (χ2n) is 4.17. The molecule has 1 saturated heterocycles. The Labute approximate surface area is 101 Å². The third-order valence-corrected chi connectivity index (χ3v) is 2.84. The van der Waals surface area contributed by atoms with E-state index in [-0.39, 0.29) is 19.1 Å². The van der Waals surface area contributed by atoms with Crippen LogP contribution in [0.1, 0.15) is 19.3 Å². The number of aliphatic carboxylic acids is 1. The standard InChI is InChI=1S/C11H20N2O4/c1-17-8-9(11(15)16)12-7-10(14)13-5-3-2-4-6-13/h9,12H,2-8H2,1H3,(H,15,16). The van der Waals surface area contributed by atoms with Crippen molar-refractivity contribution in [3.05, 3.63) is 0 Å². The molecule has 0 aromatic heterocycles. The van der Waals surface area contributed by atoms with E-state index in [1.807, 2.05) is 0 Å². The SMILES string of the molecule is COCC(NCC(=O)N1CCCCC1)C(=O)O. The Hall–Kier alpha value is -1.14. The molecule has 0 saturated carbocycles. The normalized spacial score (nSPS) is 17.8. The number of carboxylic acids is 1. The zero-order valence-corrected chi connectivity index (χ0v) is 10.1. The number of nitrogens with one attached hydrogen (secondary N) is 1. The number of hydrogen-bond acceptors (Lipinski definition) is 4. The minimum absolute atomic E-state index is 0.0351. The summed E-state index contributed by atoms with van der Waals surface area (Å²) in [7, 11) is 1.43. The molecular formula is C11H20N2O4. The van der Waals surface area contributed by atoms with Crippen LogP contribution in [0.15, 0.2) is 0 Å². The third-order valence-electron chi connectivity index (χ3n) is 2.84. The minimum Gasteiger partial charge on any atom is -0.480 e. The number of ether oxygens (including phenoxy) is 1. The highest BCUT2D eigenvalue weighted by Crippen LogP contribution is 2.08. The highest BCUT2D eigenvalue weighted by molar-refractivity contribution is 5.80. The molecule has 0 spiro atoms. The molecular weight excluding hydrogens is 224 g/mol. The van der Waals surface area contributed by atoms with E-state index in [1.54, 1.807) is 4.90 Å². The monoisotopic (exact) mass is 244 g/mol. The van der Waals surface area contributed by atoms with Gasteiger partial charge in [0.05, 0.1) is 13.2 Å². The molecule has 0 aromatic carbocycles. The number of methoxy groups -OCH3 is 1. The maximum Gasteiger partial charge on any atom is 0.323 e. The first-order valence-electron chi connectivity index (χ1n) is 5.88. The van der Waals surface area contributed by atoms with Crippen molar-refractivity contribution in [2.75, 3.05) is 33.4 Å². The molecule has 1 amide bonds. The summed E-state index contributed by atoms with van der Waals surface area (Å²) in [5.74, 6) is -1.04. The number of hydrogen-bond donors (Lipinski definition) is 2. The fourth-order valence-electron chi connectivity index (χ4n) is 1.85. The van der Waals surface area contributed by atoms with Crippen LogP contribution in [0.3, 0.4) is 0 Å². The molecule has 0 radical (unpaired) electrons. The summed E-state index contributed by atoms with van der Waals surface area (Å²) in [6.45, 7) is 1.67. The molecule has 1 atom stereocenters. The molecule has 1 rings (SSSR count). The average molecular weight is 244 g/mol. The van der Waals surface area contributed by atoms with E-state index in [1.165, 1.54) is 13.5 Å². The van der Waals surface area contributed by atoms with Gasteiger partial charge in [-0.25, -0.2) is 0 Å². The molecule has 1 aliphatic rings. The van der Waals surface area contributed by atoms with E-state index in [0.29, 0.717) is 0 Å². The van der Waals surface area contributed by atoms with Crippen LogP contribution in [-0.4, -0.2) is 61.3 Å². The zero-order valence-electron chi connectivity index (χ0n) is 10.1. The summed E-state index contributed by atoms with van der Waals surface area (Å²) >= 11 is 0. The minimum atomic E-state index is -1.00. The van der Waals surface area contributed by atoms with Gasteiger partial charge in [-0.2, -0.15) is 0 Å². The fraction of sp³-hybridized carbons (Fsp3) is 0.818. The van der Waals surface area contributed by atoms with Crippen molar-refractivity contribution in [2.45, 2.75) is 25.3 Å². The Balaban J connectivity index is 2.32. The Morgan fingerprint density at radius 2 is 2.00 bits per heavy atom. The molecule has 1 fully saturated rings. The number of carbonyl (C=O) groups is 2. The molecule has 1 aliphatic heterocycles. The van der Waals surface area contributed by atoms with Crippen molar-refractivity contribution in [3.8, 4) is 0 Å². The number of likely N-dealkylation sites (tertiary alicyclic amines) is 1. The van der Waals surface area contributed by atoms with E-state index in [4.69, 9.17) is 9.84 Å². The lowest BCUT2D eigenvalue weighted by Crippen LogP contribution is -2.47. The Morgan fingerprint density at radius 1 is 1.35 bits per heavy atom. The van der Waals surface area contributed by atoms with Gasteiger partial charge in [-0.05, 0) is 19.3 Å². The number of rotatable bonds is 6. The van der Waals surface area contributed by atoms with Gasteiger partial charge in [0.1, 0.15) is 6.04 Å². The second kappa shape index (κ2) is 7.24. The summed E-state index contributed by atoms with van der Waals surface area (Å²) in [5.41, 5.74) is 0. The zero-order chi connectivity index (χ0) is 12.7. The molecule has 0 aromatic rings. The van der Waals surface area contributed by atoms with Crippen molar-refractivity contribution >= 4 is 11.9 Å². The summed E-state index contributed by atoms with van der Waals surface area (Å²) in [6.07, 6.45) is 3.23. The van der Waals surface area contributed by atoms with Crippen LogP contribution in [0.5, 0.6) is 0 Å². The molecule has 6 heteroatoms. The lowest BCUT2D eigenvalue weighted by atomic mass is 10.1. The van der Waals surface area contributed by atoms with E-state index in [0.717, 1.165) is 25.9 Å². The predicted octanol–water partition coefficient (Wildman–Crippen LogP) is -0.312. The third kappa shape index (κ3) is 4.70. The van der Waals surface area contributed by atoms with Crippen LogP contribution in [0.25, 0.3) is 0 Å². The summed E-state index contributed by atoms with van der Waals surface area (Å²) in [4.78, 5) is 24.3. The molecule has 0 aliphatic carbocycles. The average Bonchev–Trinajstić information content (AvgIpc) is 2.34. The Bertz CT molecular complexity index is 264. The largest absolute Gasteiger partial charge is 0.480 e. The summed E-state index contributed by atoms with van der Waals surface area (Å²) in [5, 5.41) is 11.6. The van der Waals surface area contributed by atoms with Gasteiger partial charge in [0.15, 0.2) is 0 Å². The maximum absolute atomic E-state index is 11.8. The number of carbonyl (C=O) groups excluding carboxylic acids is 1. The molecule has 2 N–H and O–H groups in total. The van der Waals surface area contributed by atoms with Gasteiger partial charge in [0.25, 0.3) is 0 Å². The first-order chi connectivity index (χ1) is 8.15.